The quantitative estimate of drug-likeness (QED) is 0.674. The number of rotatable bonds is 7. The lowest BCUT2D eigenvalue weighted by Crippen LogP contribution is -2.24. The first-order valence-electron chi connectivity index (χ1n) is 8.67. The van der Waals surface area contributed by atoms with Crippen molar-refractivity contribution in [3.63, 3.8) is 0 Å². The highest BCUT2D eigenvalue weighted by Gasteiger charge is 2.09. The third-order valence-electron chi connectivity index (χ3n) is 4.03. The summed E-state index contributed by atoms with van der Waals surface area (Å²) in [6.45, 7) is 3.04. The zero-order chi connectivity index (χ0) is 19.1. The predicted molar refractivity (Wildman–Crippen MR) is 105 cm³/mol. The van der Waals surface area contributed by atoms with E-state index in [1.807, 2.05) is 55.5 Å². The molecule has 0 bridgehead atoms. The van der Waals surface area contributed by atoms with Crippen LogP contribution in [0.15, 0.2) is 60.8 Å². The molecule has 2 N–H and O–H groups in total. The summed E-state index contributed by atoms with van der Waals surface area (Å²) in [5.41, 5.74) is 3.60. The predicted octanol–water partition coefficient (Wildman–Crippen LogP) is 3.34. The van der Waals surface area contributed by atoms with Crippen LogP contribution in [0.4, 0.5) is 5.95 Å². The summed E-state index contributed by atoms with van der Waals surface area (Å²) >= 11 is 0. The Hall–Kier alpha value is -3.41. The van der Waals surface area contributed by atoms with Crippen LogP contribution in [-0.4, -0.2) is 23.0 Å². The average molecular weight is 362 g/mol. The Kier molecular flexibility index (Phi) is 5.99. The van der Waals surface area contributed by atoms with Gasteiger partial charge in [-0.2, -0.15) is 0 Å². The Labute approximate surface area is 158 Å². The van der Waals surface area contributed by atoms with Crippen molar-refractivity contribution < 1.29 is 9.53 Å². The van der Waals surface area contributed by atoms with Crippen molar-refractivity contribution in [1.82, 2.24) is 15.3 Å². The minimum atomic E-state index is -0.230. The van der Waals surface area contributed by atoms with Gasteiger partial charge >= 0.3 is 0 Å². The van der Waals surface area contributed by atoms with Gasteiger partial charge < -0.3 is 15.4 Å². The van der Waals surface area contributed by atoms with Crippen molar-refractivity contribution in [2.45, 2.75) is 20.0 Å². The number of hydrogen-bond donors (Lipinski definition) is 2. The smallest absolute Gasteiger partial charge is 0.270 e. The molecular formula is C21H22N4O2. The molecule has 0 aliphatic heterocycles. The van der Waals surface area contributed by atoms with Gasteiger partial charge in [0.15, 0.2) is 0 Å². The van der Waals surface area contributed by atoms with Crippen molar-refractivity contribution >= 4 is 11.9 Å². The topological polar surface area (TPSA) is 76.1 Å². The first-order valence-corrected chi connectivity index (χ1v) is 8.67. The number of carbonyl (C=O) groups excluding carboxylic acids is 1. The van der Waals surface area contributed by atoms with Gasteiger partial charge in [0.05, 0.1) is 7.11 Å². The van der Waals surface area contributed by atoms with E-state index >= 15 is 0 Å². The van der Waals surface area contributed by atoms with Crippen molar-refractivity contribution in [3.8, 4) is 5.75 Å². The minimum Gasteiger partial charge on any atom is -0.497 e. The van der Waals surface area contributed by atoms with Crippen molar-refractivity contribution in [3.05, 3.63) is 83.2 Å². The lowest BCUT2D eigenvalue weighted by Gasteiger charge is -2.08. The van der Waals surface area contributed by atoms with E-state index in [9.17, 15) is 4.79 Å². The fourth-order valence-electron chi connectivity index (χ4n) is 2.59. The van der Waals surface area contributed by atoms with Crippen LogP contribution in [0.5, 0.6) is 5.75 Å². The maximum Gasteiger partial charge on any atom is 0.270 e. The second kappa shape index (κ2) is 8.80. The third-order valence-corrected chi connectivity index (χ3v) is 4.03. The van der Waals surface area contributed by atoms with E-state index in [1.54, 1.807) is 19.4 Å². The Balaban J connectivity index is 1.57. The number of benzene rings is 2. The van der Waals surface area contributed by atoms with Gasteiger partial charge in [-0.3, -0.25) is 4.79 Å². The lowest BCUT2D eigenvalue weighted by atomic mass is 10.1. The molecule has 138 valence electrons. The van der Waals surface area contributed by atoms with Crippen LogP contribution in [0.3, 0.4) is 0 Å². The maximum atomic E-state index is 12.4. The van der Waals surface area contributed by atoms with E-state index < -0.39 is 0 Å². The summed E-state index contributed by atoms with van der Waals surface area (Å²) in [5.74, 6) is 0.989. The molecule has 6 heteroatoms. The Morgan fingerprint density at radius 3 is 2.59 bits per heavy atom. The monoisotopic (exact) mass is 362 g/mol. The number of nitrogens with one attached hydrogen (secondary N) is 2. The Bertz CT molecular complexity index is 910. The van der Waals surface area contributed by atoms with E-state index in [0.29, 0.717) is 24.7 Å². The van der Waals surface area contributed by atoms with Crippen LogP contribution in [0.25, 0.3) is 0 Å². The number of aryl methyl sites for hydroxylation is 1. The summed E-state index contributed by atoms with van der Waals surface area (Å²) in [4.78, 5) is 20.8. The molecule has 0 aliphatic carbocycles. The molecule has 27 heavy (non-hydrogen) atoms. The van der Waals surface area contributed by atoms with Crippen molar-refractivity contribution in [1.29, 1.82) is 0 Å². The van der Waals surface area contributed by atoms with E-state index in [-0.39, 0.29) is 5.91 Å². The Morgan fingerprint density at radius 2 is 1.85 bits per heavy atom. The number of carbonyl (C=O) groups is 1. The number of hydrogen-bond acceptors (Lipinski definition) is 5. The molecule has 1 amide bonds. The summed E-state index contributed by atoms with van der Waals surface area (Å²) in [6, 6.07) is 17.3. The van der Waals surface area contributed by atoms with Gasteiger partial charge in [-0.05, 0) is 36.2 Å². The van der Waals surface area contributed by atoms with Crippen LogP contribution < -0.4 is 15.4 Å². The number of anilines is 1. The number of methoxy groups -OCH3 is 1. The maximum absolute atomic E-state index is 12.4. The average Bonchev–Trinajstić information content (AvgIpc) is 2.71. The second-order valence-electron chi connectivity index (χ2n) is 6.14. The fourth-order valence-corrected chi connectivity index (χ4v) is 2.59. The zero-order valence-electron chi connectivity index (χ0n) is 15.4. The summed E-state index contributed by atoms with van der Waals surface area (Å²) in [6.07, 6.45) is 1.57. The van der Waals surface area contributed by atoms with Gasteiger partial charge in [-0.25, -0.2) is 9.97 Å². The molecule has 1 aromatic heterocycles. The van der Waals surface area contributed by atoms with Gasteiger partial charge in [0.2, 0.25) is 5.95 Å². The molecule has 0 radical (unpaired) electrons. The first-order chi connectivity index (χ1) is 13.1. The molecular weight excluding hydrogens is 340 g/mol. The molecule has 0 aliphatic rings. The van der Waals surface area contributed by atoms with Crippen LogP contribution >= 0.6 is 0 Å². The molecule has 0 spiro atoms. The van der Waals surface area contributed by atoms with E-state index in [4.69, 9.17) is 4.74 Å². The first kappa shape index (κ1) is 18.4. The largest absolute Gasteiger partial charge is 0.497 e. The van der Waals surface area contributed by atoms with E-state index in [2.05, 4.69) is 20.6 Å². The number of aromatic nitrogens is 2. The summed E-state index contributed by atoms with van der Waals surface area (Å²) in [7, 11) is 1.64. The summed E-state index contributed by atoms with van der Waals surface area (Å²) in [5, 5.41) is 6.02. The molecule has 0 unspecified atom stereocenters. The van der Waals surface area contributed by atoms with Crippen LogP contribution in [0, 0.1) is 6.92 Å². The van der Waals surface area contributed by atoms with Gasteiger partial charge in [-0.1, -0.05) is 42.0 Å². The highest BCUT2D eigenvalue weighted by molar-refractivity contribution is 5.92. The molecule has 0 fully saturated rings. The van der Waals surface area contributed by atoms with Gasteiger partial charge in [-0.15, -0.1) is 0 Å². The number of amides is 1. The van der Waals surface area contributed by atoms with Gasteiger partial charge in [0.1, 0.15) is 11.4 Å². The Morgan fingerprint density at radius 1 is 1.04 bits per heavy atom. The third kappa shape index (κ3) is 5.28. The minimum absolute atomic E-state index is 0.230. The molecule has 0 saturated heterocycles. The van der Waals surface area contributed by atoms with Crippen molar-refractivity contribution in [2.75, 3.05) is 12.4 Å². The standard InChI is InChI=1S/C21H22N4O2/c1-15-4-3-5-17(12-15)14-23-20(26)19-10-11-22-21(25-19)24-13-16-6-8-18(27-2)9-7-16/h3-12H,13-14H2,1-2H3,(H,23,26)(H,22,24,25). The SMILES string of the molecule is COc1ccc(CNc2nccc(C(=O)NCc3cccc(C)c3)n2)cc1. The van der Waals surface area contributed by atoms with Crippen LogP contribution in [-0.2, 0) is 13.1 Å². The highest BCUT2D eigenvalue weighted by Crippen LogP contribution is 2.12. The molecule has 0 atom stereocenters. The van der Waals surface area contributed by atoms with E-state index in [0.717, 1.165) is 22.4 Å². The van der Waals surface area contributed by atoms with Gasteiger partial charge in [0, 0.05) is 19.3 Å². The normalized spacial score (nSPS) is 10.3. The molecule has 1 heterocycles. The molecule has 3 aromatic rings. The number of nitrogens with zero attached hydrogens (tertiary/aromatic N) is 2. The van der Waals surface area contributed by atoms with Gasteiger partial charge in [0.25, 0.3) is 5.91 Å². The fraction of sp³-hybridized carbons (Fsp3) is 0.190. The van der Waals surface area contributed by atoms with Crippen molar-refractivity contribution in [2.24, 2.45) is 0 Å². The molecule has 3 rings (SSSR count). The molecule has 0 saturated carbocycles. The van der Waals surface area contributed by atoms with E-state index in [1.165, 1.54) is 0 Å². The van der Waals surface area contributed by atoms with Crippen LogP contribution in [0.2, 0.25) is 0 Å². The van der Waals surface area contributed by atoms with Crippen LogP contribution in [0.1, 0.15) is 27.2 Å². The molecule has 6 nitrogen and oxygen atoms in total. The summed E-state index contributed by atoms with van der Waals surface area (Å²) < 4.78 is 5.15. The zero-order valence-corrected chi connectivity index (χ0v) is 15.4. The lowest BCUT2D eigenvalue weighted by molar-refractivity contribution is 0.0946. The second-order valence-corrected chi connectivity index (χ2v) is 6.14. The highest BCUT2D eigenvalue weighted by atomic mass is 16.5. The number of ether oxygens (including phenoxy) is 1. The molecule has 2 aromatic carbocycles.